The summed E-state index contributed by atoms with van der Waals surface area (Å²) < 4.78 is 18.9. The van der Waals surface area contributed by atoms with Crippen LogP contribution in [0.4, 0.5) is 0 Å². The van der Waals surface area contributed by atoms with Gasteiger partial charge in [-0.05, 0) is 38.0 Å². The maximum Gasteiger partial charge on any atom is 0.291 e. The minimum atomic E-state index is -0.761. The van der Waals surface area contributed by atoms with E-state index in [1.54, 1.807) is 50.9 Å². The van der Waals surface area contributed by atoms with Crippen molar-refractivity contribution < 1.29 is 18.7 Å². The molecule has 4 rings (SSSR count). The van der Waals surface area contributed by atoms with Gasteiger partial charge in [0.2, 0.25) is 5.91 Å². The lowest BCUT2D eigenvalue weighted by molar-refractivity contribution is -0.124. The molecule has 3 aromatic heterocycles. The van der Waals surface area contributed by atoms with Crippen molar-refractivity contribution in [2.45, 2.75) is 26.3 Å². The molecular formula is C22H24N4O5. The van der Waals surface area contributed by atoms with Gasteiger partial charge in [0.25, 0.3) is 5.56 Å². The summed E-state index contributed by atoms with van der Waals surface area (Å²) in [4.78, 5) is 25.7. The Hall–Kier alpha value is -3.75. The Morgan fingerprint density at radius 3 is 2.68 bits per heavy atom. The van der Waals surface area contributed by atoms with Crippen LogP contribution in [0, 0.1) is 6.92 Å². The number of rotatable bonds is 7. The molecule has 4 aromatic rings. The fourth-order valence-electron chi connectivity index (χ4n) is 3.68. The molecule has 3 heterocycles. The van der Waals surface area contributed by atoms with Gasteiger partial charge in [0.15, 0.2) is 17.1 Å². The molecule has 0 fully saturated rings. The van der Waals surface area contributed by atoms with Crippen molar-refractivity contribution >= 4 is 22.5 Å². The first kappa shape index (κ1) is 20.5. The molecule has 0 spiro atoms. The molecule has 162 valence electrons. The molecule has 0 saturated carbocycles. The number of fused-ring (bicyclic) bond motifs is 3. The summed E-state index contributed by atoms with van der Waals surface area (Å²) in [6, 6.07) is 8.31. The monoisotopic (exact) mass is 424 g/mol. The number of carbonyl (C=O) groups excluding carboxylic acids is 1. The quantitative estimate of drug-likeness (QED) is 0.489. The average molecular weight is 424 g/mol. The van der Waals surface area contributed by atoms with E-state index in [4.69, 9.17) is 13.9 Å². The highest BCUT2D eigenvalue weighted by Gasteiger charge is 2.21. The summed E-state index contributed by atoms with van der Waals surface area (Å²) in [6.07, 6.45) is 2.17. The lowest BCUT2D eigenvalue weighted by Gasteiger charge is -2.16. The maximum absolute atomic E-state index is 13.0. The van der Waals surface area contributed by atoms with Crippen molar-refractivity contribution in [3.05, 3.63) is 58.3 Å². The zero-order chi connectivity index (χ0) is 22.1. The van der Waals surface area contributed by atoms with Gasteiger partial charge in [0, 0.05) is 18.7 Å². The number of benzene rings is 1. The molecule has 1 amide bonds. The number of ether oxygens (including phenoxy) is 2. The summed E-state index contributed by atoms with van der Waals surface area (Å²) in [5.74, 6) is 1.60. The van der Waals surface area contributed by atoms with Crippen molar-refractivity contribution in [3.8, 4) is 11.5 Å². The third-order valence-electron chi connectivity index (χ3n) is 5.33. The Morgan fingerprint density at radius 1 is 1.16 bits per heavy atom. The lowest BCUT2D eigenvalue weighted by atomic mass is 10.1. The van der Waals surface area contributed by atoms with E-state index in [-0.39, 0.29) is 11.5 Å². The Morgan fingerprint density at radius 2 is 1.94 bits per heavy atom. The third kappa shape index (κ3) is 3.63. The summed E-state index contributed by atoms with van der Waals surface area (Å²) >= 11 is 0. The largest absolute Gasteiger partial charge is 0.493 e. The Bertz CT molecular complexity index is 1320. The fraction of sp³-hybridized carbons (Fsp3) is 0.318. The lowest BCUT2D eigenvalue weighted by Crippen LogP contribution is -2.38. The fourth-order valence-corrected chi connectivity index (χ4v) is 3.68. The number of hydrogen-bond donors (Lipinski definition) is 1. The van der Waals surface area contributed by atoms with Crippen molar-refractivity contribution in [1.29, 1.82) is 0 Å². The smallest absolute Gasteiger partial charge is 0.291 e. The first-order valence-electron chi connectivity index (χ1n) is 9.91. The van der Waals surface area contributed by atoms with Gasteiger partial charge < -0.3 is 19.2 Å². The molecule has 0 unspecified atom stereocenters. The van der Waals surface area contributed by atoms with Crippen LogP contribution < -0.4 is 20.3 Å². The molecule has 0 saturated heterocycles. The van der Waals surface area contributed by atoms with Gasteiger partial charge in [-0.3, -0.25) is 14.0 Å². The van der Waals surface area contributed by atoms with E-state index >= 15 is 0 Å². The Balaban J connectivity index is 1.49. The van der Waals surface area contributed by atoms with Gasteiger partial charge in [-0.25, -0.2) is 4.68 Å². The second-order valence-corrected chi connectivity index (χ2v) is 7.24. The van der Waals surface area contributed by atoms with Crippen LogP contribution in [0.5, 0.6) is 11.5 Å². The van der Waals surface area contributed by atoms with E-state index in [9.17, 15) is 9.59 Å². The topological polar surface area (TPSA) is 100 Å². The van der Waals surface area contributed by atoms with E-state index in [2.05, 4.69) is 10.4 Å². The number of nitrogens with one attached hydrogen (secondary N) is 1. The van der Waals surface area contributed by atoms with Crippen molar-refractivity contribution in [1.82, 2.24) is 19.5 Å². The second-order valence-electron chi connectivity index (χ2n) is 7.24. The molecule has 0 bridgehead atoms. The van der Waals surface area contributed by atoms with Crippen LogP contribution in [0.1, 0.15) is 24.4 Å². The van der Waals surface area contributed by atoms with Gasteiger partial charge in [-0.1, -0.05) is 6.07 Å². The van der Waals surface area contributed by atoms with Gasteiger partial charge in [0.1, 0.15) is 17.4 Å². The molecule has 0 aliphatic heterocycles. The Kier molecular flexibility index (Phi) is 5.41. The number of carbonyl (C=O) groups is 1. The van der Waals surface area contributed by atoms with Crippen LogP contribution >= 0.6 is 0 Å². The molecule has 0 aliphatic rings. The summed E-state index contributed by atoms with van der Waals surface area (Å²) in [7, 11) is 3.16. The molecule has 0 radical (unpaired) electrons. The van der Waals surface area contributed by atoms with Crippen LogP contribution in [0.2, 0.25) is 0 Å². The number of aromatic nitrogens is 3. The molecule has 1 N–H and O–H groups in total. The molecule has 1 aromatic carbocycles. The van der Waals surface area contributed by atoms with Crippen LogP contribution in [0.15, 0.2) is 45.8 Å². The Labute approximate surface area is 178 Å². The van der Waals surface area contributed by atoms with Gasteiger partial charge in [0.05, 0.1) is 26.0 Å². The zero-order valence-electron chi connectivity index (χ0n) is 17.8. The normalized spacial score (nSPS) is 12.3. The van der Waals surface area contributed by atoms with Crippen molar-refractivity contribution in [2.24, 2.45) is 0 Å². The highest BCUT2D eigenvalue weighted by Crippen LogP contribution is 2.27. The molecule has 9 heteroatoms. The molecule has 1 atom stereocenters. The van der Waals surface area contributed by atoms with Crippen LogP contribution in [0.3, 0.4) is 0 Å². The van der Waals surface area contributed by atoms with Gasteiger partial charge >= 0.3 is 0 Å². The predicted octanol–water partition coefficient (Wildman–Crippen LogP) is 2.49. The van der Waals surface area contributed by atoms with E-state index in [0.717, 1.165) is 11.1 Å². The summed E-state index contributed by atoms with van der Waals surface area (Å²) in [6.45, 7) is 3.85. The first-order chi connectivity index (χ1) is 14.9. The second kappa shape index (κ2) is 8.17. The van der Waals surface area contributed by atoms with E-state index < -0.39 is 6.04 Å². The summed E-state index contributed by atoms with van der Waals surface area (Å²) in [5, 5.41) is 7.24. The zero-order valence-corrected chi connectivity index (χ0v) is 17.8. The minimum absolute atomic E-state index is 0.283. The standard InChI is InChI=1S/C22H24N4O5/c1-13(21(27)23-9-7-15-5-6-18(29-3)20(11-15)30-4)26-22(28)17-12-19-16(8-10-31-19)25(17)14(2)24-26/h5-6,8,10-13H,7,9H2,1-4H3,(H,23,27)/t13-/m1/s1. The highest BCUT2D eigenvalue weighted by molar-refractivity contribution is 5.83. The van der Waals surface area contributed by atoms with E-state index in [0.29, 0.717) is 41.4 Å². The third-order valence-corrected chi connectivity index (χ3v) is 5.33. The number of furan rings is 1. The SMILES string of the molecule is COc1ccc(CCNC(=O)[C@@H](C)n2nc(C)n3c(cc4occc43)c2=O)cc1OC. The average Bonchev–Trinajstić information content (AvgIpc) is 3.37. The molecule has 0 aliphatic carbocycles. The van der Waals surface area contributed by atoms with Gasteiger partial charge in [-0.2, -0.15) is 5.10 Å². The van der Waals surface area contributed by atoms with Gasteiger partial charge in [-0.15, -0.1) is 0 Å². The minimum Gasteiger partial charge on any atom is -0.493 e. The van der Waals surface area contributed by atoms with E-state index in [1.807, 2.05) is 18.2 Å². The van der Waals surface area contributed by atoms with Crippen molar-refractivity contribution in [3.63, 3.8) is 0 Å². The number of hydrogen-bond acceptors (Lipinski definition) is 6. The molecule has 9 nitrogen and oxygen atoms in total. The van der Waals surface area contributed by atoms with Crippen LogP contribution in [-0.4, -0.2) is 40.9 Å². The van der Waals surface area contributed by atoms with Crippen LogP contribution in [0.25, 0.3) is 16.6 Å². The molecular weight excluding hydrogens is 400 g/mol. The van der Waals surface area contributed by atoms with Crippen LogP contribution in [-0.2, 0) is 11.2 Å². The predicted molar refractivity (Wildman–Crippen MR) is 115 cm³/mol. The van der Waals surface area contributed by atoms with Crippen molar-refractivity contribution in [2.75, 3.05) is 20.8 Å². The maximum atomic E-state index is 13.0. The first-order valence-corrected chi connectivity index (χ1v) is 9.91. The van der Waals surface area contributed by atoms with E-state index in [1.165, 1.54) is 4.68 Å². The highest BCUT2D eigenvalue weighted by atomic mass is 16.5. The molecule has 31 heavy (non-hydrogen) atoms. The number of methoxy groups -OCH3 is 2. The summed E-state index contributed by atoms with van der Waals surface area (Å²) in [5.41, 5.74) is 2.45. The number of nitrogens with zero attached hydrogens (tertiary/aromatic N) is 3. The number of amides is 1. The number of aryl methyl sites for hydroxylation is 1.